The van der Waals surface area contributed by atoms with Gasteiger partial charge < -0.3 is 24.7 Å². The first-order valence-corrected chi connectivity index (χ1v) is 14.3. The van der Waals surface area contributed by atoms with E-state index in [0.717, 1.165) is 62.6 Å². The van der Waals surface area contributed by atoms with Gasteiger partial charge in [-0.3, -0.25) is 9.59 Å². The van der Waals surface area contributed by atoms with Crippen molar-refractivity contribution in [2.24, 2.45) is 0 Å². The number of H-pyrrole nitrogens is 1. The number of likely N-dealkylation sites (tertiary alicyclic amines) is 1. The number of rotatable bonds is 6. The predicted molar refractivity (Wildman–Crippen MR) is 151 cm³/mol. The van der Waals surface area contributed by atoms with Crippen LogP contribution in [0.25, 0.3) is 22.2 Å². The topological polar surface area (TPSA) is 96.6 Å². The Labute approximate surface area is 231 Å². The van der Waals surface area contributed by atoms with E-state index in [-0.39, 0.29) is 11.8 Å². The van der Waals surface area contributed by atoms with Crippen LogP contribution in [0.3, 0.4) is 0 Å². The van der Waals surface area contributed by atoms with Gasteiger partial charge in [0.15, 0.2) is 11.5 Å². The third kappa shape index (κ3) is 5.36. The molecule has 2 N–H and O–H groups in total. The zero-order chi connectivity index (χ0) is 26.9. The van der Waals surface area contributed by atoms with Crippen LogP contribution >= 0.6 is 11.3 Å². The Morgan fingerprint density at radius 2 is 1.92 bits per heavy atom. The molecular weight excluding hydrogens is 512 g/mol. The summed E-state index contributed by atoms with van der Waals surface area (Å²) in [5.41, 5.74) is 5.17. The second-order valence-electron chi connectivity index (χ2n) is 10.3. The van der Waals surface area contributed by atoms with Crippen molar-refractivity contribution in [2.75, 3.05) is 26.3 Å². The van der Waals surface area contributed by atoms with Gasteiger partial charge in [-0.1, -0.05) is 11.6 Å². The number of carbonyl (C=O) groups is 2. The maximum Gasteiger partial charge on any atom is 0.245 e. The fourth-order valence-corrected chi connectivity index (χ4v) is 6.50. The lowest BCUT2D eigenvalue weighted by Crippen LogP contribution is -2.51. The number of aryl methyl sites for hydroxylation is 1. The van der Waals surface area contributed by atoms with Crippen molar-refractivity contribution in [3.63, 3.8) is 0 Å². The molecule has 8 nitrogen and oxygen atoms in total. The largest absolute Gasteiger partial charge is 0.486 e. The SMILES string of the molecule is CC(=O)NC(Cc1c[nH]c2ccc(C)cc12)C(=O)N1CCC(c2nc(-c3ccc4c(c3)OCCO4)cs2)CC1. The molecule has 1 unspecified atom stereocenters. The van der Waals surface area contributed by atoms with Crippen LogP contribution in [0.15, 0.2) is 48.0 Å². The van der Waals surface area contributed by atoms with E-state index in [0.29, 0.717) is 38.6 Å². The van der Waals surface area contributed by atoms with Gasteiger partial charge in [-0.2, -0.15) is 0 Å². The molecule has 9 heteroatoms. The fraction of sp³-hybridized carbons (Fsp3) is 0.367. The number of amides is 2. The maximum atomic E-state index is 13.6. The summed E-state index contributed by atoms with van der Waals surface area (Å²) in [6.45, 7) is 5.94. The Balaban J connectivity index is 1.12. The number of hydrogen-bond acceptors (Lipinski definition) is 6. The van der Waals surface area contributed by atoms with E-state index in [1.54, 1.807) is 11.3 Å². The van der Waals surface area contributed by atoms with E-state index in [9.17, 15) is 9.59 Å². The molecule has 6 rings (SSSR count). The van der Waals surface area contributed by atoms with Crippen LogP contribution in [0.2, 0.25) is 0 Å². The predicted octanol–water partition coefficient (Wildman–Crippen LogP) is 4.82. The van der Waals surface area contributed by atoms with Gasteiger partial charge >= 0.3 is 0 Å². The first-order chi connectivity index (χ1) is 18.9. The monoisotopic (exact) mass is 544 g/mol. The summed E-state index contributed by atoms with van der Waals surface area (Å²) in [5.74, 6) is 1.61. The van der Waals surface area contributed by atoms with Crippen molar-refractivity contribution >= 4 is 34.1 Å². The van der Waals surface area contributed by atoms with Crippen molar-refractivity contribution in [3.8, 4) is 22.8 Å². The zero-order valence-electron chi connectivity index (χ0n) is 22.2. The molecule has 1 atom stereocenters. The third-order valence-corrected chi connectivity index (χ3v) is 8.55. The molecule has 1 saturated heterocycles. The Bertz CT molecular complexity index is 1520. The van der Waals surface area contributed by atoms with Gasteiger partial charge in [0.2, 0.25) is 11.8 Å². The molecule has 2 aliphatic rings. The molecule has 202 valence electrons. The molecule has 0 bridgehead atoms. The van der Waals surface area contributed by atoms with Gasteiger partial charge in [0.05, 0.1) is 10.7 Å². The van der Waals surface area contributed by atoms with Gasteiger partial charge in [-0.05, 0) is 55.7 Å². The minimum Gasteiger partial charge on any atom is -0.486 e. The molecule has 0 aliphatic carbocycles. The molecular formula is C30H32N4O4S. The van der Waals surface area contributed by atoms with Gasteiger partial charge in [-0.15, -0.1) is 11.3 Å². The number of thiazole rings is 1. The molecule has 4 aromatic rings. The molecule has 39 heavy (non-hydrogen) atoms. The first-order valence-electron chi connectivity index (χ1n) is 13.4. The summed E-state index contributed by atoms with van der Waals surface area (Å²) in [6.07, 6.45) is 4.09. The number of piperidine rings is 1. The van der Waals surface area contributed by atoms with Crippen LogP contribution in [0.4, 0.5) is 0 Å². The van der Waals surface area contributed by atoms with E-state index in [1.165, 1.54) is 6.92 Å². The number of hydrogen-bond donors (Lipinski definition) is 2. The van der Waals surface area contributed by atoms with E-state index in [1.807, 2.05) is 35.4 Å². The quantitative estimate of drug-likeness (QED) is 0.363. The van der Waals surface area contributed by atoms with Gasteiger partial charge in [-0.25, -0.2) is 4.98 Å². The van der Waals surface area contributed by atoms with Crippen molar-refractivity contribution in [1.29, 1.82) is 0 Å². The number of fused-ring (bicyclic) bond motifs is 2. The summed E-state index contributed by atoms with van der Waals surface area (Å²) in [7, 11) is 0. The standard InChI is InChI=1S/C30H32N4O4S/c1-18-3-5-24-23(13-18)22(16-31-24)14-25(32-19(2)35)30(36)34-9-7-20(8-10-34)29-33-26(17-39-29)21-4-6-27-28(15-21)38-12-11-37-27/h3-6,13,15-17,20,25,31H,7-12,14H2,1-2H3,(H,32,35). The second-order valence-corrected chi connectivity index (χ2v) is 11.2. The van der Waals surface area contributed by atoms with Crippen LogP contribution in [-0.2, 0) is 16.0 Å². The van der Waals surface area contributed by atoms with Gasteiger partial charge in [0.25, 0.3) is 0 Å². The molecule has 2 aromatic heterocycles. The number of aromatic nitrogens is 2. The fourth-order valence-electron chi connectivity index (χ4n) is 5.50. The molecule has 0 spiro atoms. The normalized spacial score (nSPS) is 16.3. The van der Waals surface area contributed by atoms with Crippen molar-refractivity contribution in [1.82, 2.24) is 20.2 Å². The molecule has 1 fully saturated rings. The molecule has 2 aliphatic heterocycles. The smallest absolute Gasteiger partial charge is 0.245 e. The average Bonchev–Trinajstić information content (AvgIpc) is 3.60. The van der Waals surface area contributed by atoms with Crippen LogP contribution in [-0.4, -0.2) is 59.0 Å². The van der Waals surface area contributed by atoms with Crippen LogP contribution < -0.4 is 14.8 Å². The number of benzene rings is 2. The lowest BCUT2D eigenvalue weighted by Gasteiger charge is -2.33. The second kappa shape index (κ2) is 10.7. The molecule has 2 aromatic carbocycles. The minimum atomic E-state index is -0.597. The maximum absolute atomic E-state index is 13.6. The number of ether oxygens (including phenoxy) is 2. The Hall–Kier alpha value is -3.85. The molecule has 0 radical (unpaired) electrons. The van der Waals surface area contributed by atoms with E-state index >= 15 is 0 Å². The Morgan fingerprint density at radius 1 is 1.13 bits per heavy atom. The molecule has 2 amide bonds. The van der Waals surface area contributed by atoms with Crippen molar-refractivity contribution in [3.05, 3.63) is 64.1 Å². The van der Waals surface area contributed by atoms with Gasteiger partial charge in [0, 0.05) is 60.4 Å². The summed E-state index contributed by atoms with van der Waals surface area (Å²) in [4.78, 5) is 35.7. The number of carbonyl (C=O) groups excluding carboxylic acids is 2. The Kier molecular flexibility index (Phi) is 6.99. The van der Waals surface area contributed by atoms with E-state index in [4.69, 9.17) is 14.5 Å². The molecule has 4 heterocycles. The van der Waals surface area contributed by atoms with Crippen LogP contribution in [0, 0.1) is 6.92 Å². The molecule has 0 saturated carbocycles. The third-order valence-electron chi connectivity index (χ3n) is 7.54. The highest BCUT2D eigenvalue weighted by Gasteiger charge is 2.31. The minimum absolute atomic E-state index is 0.0261. The van der Waals surface area contributed by atoms with Crippen molar-refractivity contribution in [2.45, 2.75) is 45.1 Å². The first kappa shape index (κ1) is 25.4. The Morgan fingerprint density at radius 3 is 2.72 bits per heavy atom. The van der Waals surface area contributed by atoms with Crippen molar-refractivity contribution < 1.29 is 19.1 Å². The number of aromatic amines is 1. The zero-order valence-corrected chi connectivity index (χ0v) is 23.0. The highest BCUT2D eigenvalue weighted by molar-refractivity contribution is 7.10. The van der Waals surface area contributed by atoms with Crippen LogP contribution in [0.5, 0.6) is 11.5 Å². The average molecular weight is 545 g/mol. The highest BCUT2D eigenvalue weighted by atomic mass is 32.1. The van der Waals surface area contributed by atoms with Crippen LogP contribution in [0.1, 0.15) is 41.8 Å². The lowest BCUT2D eigenvalue weighted by atomic mass is 9.96. The van der Waals surface area contributed by atoms with E-state index in [2.05, 4.69) is 34.7 Å². The number of nitrogens with zero attached hydrogens (tertiary/aromatic N) is 2. The van der Waals surface area contributed by atoms with Gasteiger partial charge in [0.1, 0.15) is 19.3 Å². The summed E-state index contributed by atoms with van der Waals surface area (Å²) < 4.78 is 11.4. The summed E-state index contributed by atoms with van der Waals surface area (Å²) in [5, 5.41) is 7.19. The van der Waals surface area contributed by atoms with E-state index < -0.39 is 6.04 Å². The lowest BCUT2D eigenvalue weighted by molar-refractivity contribution is -0.137. The highest BCUT2D eigenvalue weighted by Crippen LogP contribution is 2.37. The summed E-state index contributed by atoms with van der Waals surface area (Å²) in [6, 6.07) is 11.6. The number of nitrogens with one attached hydrogen (secondary N) is 2. The summed E-state index contributed by atoms with van der Waals surface area (Å²) >= 11 is 1.67.